The van der Waals surface area contributed by atoms with Crippen molar-refractivity contribution in [2.75, 3.05) is 46.4 Å². The molecule has 0 radical (unpaired) electrons. The highest BCUT2D eigenvalue weighted by molar-refractivity contribution is 14.0. The van der Waals surface area contributed by atoms with Crippen molar-refractivity contribution in [3.8, 4) is 0 Å². The van der Waals surface area contributed by atoms with Gasteiger partial charge in [0, 0.05) is 26.7 Å². The average Bonchev–Trinajstić information content (AvgIpc) is 2.95. The Hall–Kier alpha value is -0.0800. The van der Waals surface area contributed by atoms with Gasteiger partial charge < -0.3 is 20.3 Å². The molecule has 0 bridgehead atoms. The first kappa shape index (κ1) is 21.0. The van der Waals surface area contributed by atoms with Crippen LogP contribution in [-0.2, 0) is 4.74 Å². The summed E-state index contributed by atoms with van der Waals surface area (Å²) < 4.78 is 5.80. The first-order valence-electron chi connectivity index (χ1n) is 8.92. The lowest BCUT2D eigenvalue weighted by atomic mass is 9.99. The quantitative estimate of drug-likeness (QED) is 0.290. The van der Waals surface area contributed by atoms with Gasteiger partial charge in [0.2, 0.25) is 0 Å². The minimum atomic E-state index is -0.0257. The van der Waals surface area contributed by atoms with Crippen LogP contribution in [0.1, 0.15) is 46.0 Å². The molecule has 2 N–H and O–H groups in total. The summed E-state index contributed by atoms with van der Waals surface area (Å²) in [5.41, 5.74) is -0.0257. The summed E-state index contributed by atoms with van der Waals surface area (Å²) in [7, 11) is 1.83. The molecule has 0 aromatic rings. The third kappa shape index (κ3) is 7.56. The van der Waals surface area contributed by atoms with Crippen LogP contribution in [-0.4, -0.2) is 62.8 Å². The monoisotopic (exact) mass is 438 g/mol. The van der Waals surface area contributed by atoms with Crippen LogP contribution in [0.3, 0.4) is 0 Å². The third-order valence-electron chi connectivity index (χ3n) is 4.97. The van der Waals surface area contributed by atoms with Crippen molar-refractivity contribution in [1.29, 1.82) is 0 Å². The molecule has 2 rings (SSSR count). The third-order valence-corrected chi connectivity index (χ3v) is 4.97. The van der Waals surface area contributed by atoms with Crippen molar-refractivity contribution in [3.63, 3.8) is 0 Å². The summed E-state index contributed by atoms with van der Waals surface area (Å²) in [6.07, 6.45) is 6.18. The number of ether oxygens (including phenoxy) is 1. The first-order chi connectivity index (χ1) is 10.6. The fourth-order valence-electron chi connectivity index (χ4n) is 3.26. The van der Waals surface area contributed by atoms with Crippen molar-refractivity contribution in [2.45, 2.75) is 51.6 Å². The first-order valence-corrected chi connectivity index (χ1v) is 8.92. The summed E-state index contributed by atoms with van der Waals surface area (Å²) in [5.74, 6) is 1.81. The second kappa shape index (κ2) is 10.7. The Morgan fingerprint density at radius 2 is 2.04 bits per heavy atom. The predicted molar refractivity (Wildman–Crippen MR) is 108 cm³/mol. The number of nitrogens with zero attached hydrogens (tertiary/aromatic N) is 2. The molecule has 0 aromatic heterocycles. The second-order valence-corrected chi connectivity index (χ2v) is 7.13. The van der Waals surface area contributed by atoms with E-state index in [-0.39, 0.29) is 29.6 Å². The molecule has 2 aliphatic heterocycles. The number of halogens is 1. The normalized spacial score (nSPS) is 26.8. The lowest BCUT2D eigenvalue weighted by molar-refractivity contribution is 0.0243. The Morgan fingerprint density at radius 3 is 2.65 bits per heavy atom. The van der Waals surface area contributed by atoms with Gasteiger partial charge in [-0.25, -0.2) is 0 Å². The van der Waals surface area contributed by atoms with Crippen molar-refractivity contribution in [1.82, 2.24) is 15.5 Å². The summed E-state index contributed by atoms with van der Waals surface area (Å²) >= 11 is 0. The smallest absolute Gasteiger partial charge is 0.191 e. The fourth-order valence-corrected chi connectivity index (χ4v) is 3.26. The molecule has 2 saturated heterocycles. The Labute approximate surface area is 159 Å². The van der Waals surface area contributed by atoms with E-state index in [1.165, 1.54) is 45.3 Å². The zero-order chi connectivity index (χ0) is 15.8. The largest absolute Gasteiger partial charge is 0.373 e. The number of rotatable bonds is 6. The van der Waals surface area contributed by atoms with Gasteiger partial charge >= 0.3 is 0 Å². The van der Waals surface area contributed by atoms with Gasteiger partial charge in [-0.2, -0.15) is 0 Å². The van der Waals surface area contributed by atoms with Crippen LogP contribution >= 0.6 is 24.0 Å². The molecular weight excluding hydrogens is 403 g/mol. The van der Waals surface area contributed by atoms with E-state index in [0.29, 0.717) is 0 Å². The van der Waals surface area contributed by atoms with E-state index in [2.05, 4.69) is 34.4 Å². The van der Waals surface area contributed by atoms with Gasteiger partial charge in [0.05, 0.1) is 5.60 Å². The molecule has 0 amide bonds. The molecule has 2 heterocycles. The molecular formula is C17H35IN4O. The van der Waals surface area contributed by atoms with Crippen LogP contribution in [0, 0.1) is 5.92 Å². The molecule has 5 nitrogen and oxygen atoms in total. The van der Waals surface area contributed by atoms with Crippen molar-refractivity contribution in [3.05, 3.63) is 0 Å². The molecule has 1 unspecified atom stereocenters. The SMILES string of the molecule is CN=C(NCCCN1CCC(C)CC1)NCC1(C)CCCO1.I. The molecule has 136 valence electrons. The number of nitrogens with one attached hydrogen (secondary N) is 2. The lowest BCUT2D eigenvalue weighted by Gasteiger charge is -2.30. The highest BCUT2D eigenvalue weighted by Crippen LogP contribution is 2.23. The molecule has 23 heavy (non-hydrogen) atoms. The summed E-state index contributed by atoms with van der Waals surface area (Å²) in [6.45, 7) is 11.0. The summed E-state index contributed by atoms with van der Waals surface area (Å²) in [5, 5.41) is 6.81. The number of hydrogen-bond donors (Lipinski definition) is 2. The van der Waals surface area contributed by atoms with E-state index in [1.807, 2.05) is 7.05 Å². The maximum absolute atomic E-state index is 5.80. The van der Waals surface area contributed by atoms with E-state index < -0.39 is 0 Å². The minimum absolute atomic E-state index is 0. The Kier molecular flexibility index (Phi) is 9.77. The molecule has 2 fully saturated rings. The Bertz CT molecular complexity index is 351. The van der Waals surface area contributed by atoms with Crippen LogP contribution in [0.5, 0.6) is 0 Å². The van der Waals surface area contributed by atoms with Gasteiger partial charge in [-0.15, -0.1) is 24.0 Å². The number of piperidine rings is 1. The highest BCUT2D eigenvalue weighted by Gasteiger charge is 2.29. The Morgan fingerprint density at radius 1 is 1.30 bits per heavy atom. The van der Waals surface area contributed by atoms with E-state index in [1.54, 1.807) is 0 Å². The van der Waals surface area contributed by atoms with Crippen LogP contribution < -0.4 is 10.6 Å². The minimum Gasteiger partial charge on any atom is -0.373 e. The van der Waals surface area contributed by atoms with Crippen LogP contribution in [0.15, 0.2) is 4.99 Å². The second-order valence-electron chi connectivity index (χ2n) is 7.13. The summed E-state index contributed by atoms with van der Waals surface area (Å²) in [4.78, 5) is 6.89. The van der Waals surface area contributed by atoms with Crippen molar-refractivity contribution < 1.29 is 4.74 Å². The highest BCUT2D eigenvalue weighted by atomic mass is 127. The maximum atomic E-state index is 5.80. The molecule has 0 saturated carbocycles. The van der Waals surface area contributed by atoms with Crippen LogP contribution in [0.25, 0.3) is 0 Å². The van der Waals surface area contributed by atoms with Crippen LogP contribution in [0.2, 0.25) is 0 Å². The van der Waals surface area contributed by atoms with E-state index in [4.69, 9.17) is 4.74 Å². The number of hydrogen-bond acceptors (Lipinski definition) is 3. The van der Waals surface area contributed by atoms with Gasteiger partial charge in [-0.1, -0.05) is 6.92 Å². The predicted octanol–water partition coefficient (Wildman–Crippen LogP) is 2.46. The van der Waals surface area contributed by atoms with Crippen molar-refractivity contribution >= 4 is 29.9 Å². The molecule has 1 atom stereocenters. The molecule has 0 aromatic carbocycles. The van der Waals surface area contributed by atoms with Gasteiger partial charge in [-0.3, -0.25) is 4.99 Å². The van der Waals surface area contributed by atoms with Gasteiger partial charge in [0.25, 0.3) is 0 Å². The molecule has 0 aliphatic carbocycles. The van der Waals surface area contributed by atoms with Gasteiger partial charge in [0.15, 0.2) is 5.96 Å². The van der Waals surface area contributed by atoms with Crippen LogP contribution in [0.4, 0.5) is 0 Å². The summed E-state index contributed by atoms with van der Waals surface area (Å²) in [6, 6.07) is 0. The standard InChI is InChI=1S/C17H34N4O.HI/c1-15-6-11-21(12-7-15)10-5-9-19-16(18-3)20-14-17(2)8-4-13-22-17;/h15H,4-14H2,1-3H3,(H2,18,19,20);1H. The number of likely N-dealkylation sites (tertiary alicyclic amines) is 1. The van der Waals surface area contributed by atoms with Gasteiger partial charge in [-0.05, 0) is 64.6 Å². The van der Waals surface area contributed by atoms with E-state index in [9.17, 15) is 0 Å². The molecule has 6 heteroatoms. The zero-order valence-corrected chi connectivity index (χ0v) is 17.4. The Balaban J connectivity index is 0.00000264. The molecule has 2 aliphatic rings. The van der Waals surface area contributed by atoms with E-state index >= 15 is 0 Å². The lowest BCUT2D eigenvalue weighted by Crippen LogP contribution is -2.46. The fraction of sp³-hybridized carbons (Fsp3) is 0.941. The molecule has 0 spiro atoms. The number of aliphatic imine (C=N–C) groups is 1. The average molecular weight is 438 g/mol. The van der Waals surface area contributed by atoms with Gasteiger partial charge in [0.1, 0.15) is 0 Å². The van der Waals surface area contributed by atoms with Crippen molar-refractivity contribution in [2.24, 2.45) is 10.9 Å². The zero-order valence-electron chi connectivity index (χ0n) is 15.1. The number of guanidine groups is 1. The van der Waals surface area contributed by atoms with E-state index in [0.717, 1.165) is 38.0 Å². The topological polar surface area (TPSA) is 48.9 Å². The maximum Gasteiger partial charge on any atom is 0.191 e.